The van der Waals surface area contributed by atoms with Crippen molar-refractivity contribution in [1.29, 1.82) is 0 Å². The molecule has 0 aliphatic heterocycles. The number of hydrogen-bond acceptors (Lipinski definition) is 3. The van der Waals surface area contributed by atoms with E-state index in [0.29, 0.717) is 34.3 Å². The summed E-state index contributed by atoms with van der Waals surface area (Å²) in [5, 5.41) is 0.303. The zero-order chi connectivity index (χ0) is 16.1. The molecule has 3 nitrogen and oxygen atoms in total. The molecule has 2 rings (SSSR count). The first-order valence-electron chi connectivity index (χ1n) is 6.53. The molecule has 0 heterocycles. The van der Waals surface area contributed by atoms with E-state index in [9.17, 15) is 9.18 Å². The molecule has 116 valence electrons. The van der Waals surface area contributed by atoms with E-state index in [1.807, 2.05) is 6.92 Å². The molecule has 0 saturated carbocycles. The number of hydrogen-bond donors (Lipinski definition) is 0. The van der Waals surface area contributed by atoms with Gasteiger partial charge in [-0.25, -0.2) is 4.39 Å². The van der Waals surface area contributed by atoms with Crippen molar-refractivity contribution in [3.63, 3.8) is 0 Å². The Hall–Kier alpha value is -1.34. The molecule has 0 aliphatic carbocycles. The highest BCUT2D eigenvalue weighted by Crippen LogP contribution is 2.35. The summed E-state index contributed by atoms with van der Waals surface area (Å²) >= 11 is 8.06. The molecule has 2 aromatic rings. The Labute approximate surface area is 146 Å². The summed E-state index contributed by atoms with van der Waals surface area (Å²) < 4.78 is 25.1. The number of carbonyl (C=O) groups excluding carboxylic acids is 1. The minimum atomic E-state index is -0.395. The molecular weight excluding hydrogens is 422 g/mol. The Morgan fingerprint density at radius 2 is 2.05 bits per heavy atom. The topological polar surface area (TPSA) is 35.5 Å². The fourth-order valence-electron chi connectivity index (χ4n) is 1.85. The average molecular weight is 435 g/mol. The van der Waals surface area contributed by atoms with Gasteiger partial charge in [0.25, 0.3) is 0 Å². The maximum Gasteiger partial charge on any atom is 0.175 e. The Morgan fingerprint density at radius 1 is 1.27 bits per heavy atom. The molecule has 0 N–H and O–H groups in total. The van der Waals surface area contributed by atoms with Crippen molar-refractivity contribution < 1.29 is 18.7 Å². The predicted octanol–water partition coefficient (Wildman–Crippen LogP) is 4.87. The molecule has 22 heavy (non-hydrogen) atoms. The van der Waals surface area contributed by atoms with Crippen LogP contribution in [-0.2, 0) is 6.61 Å². The van der Waals surface area contributed by atoms with Crippen LogP contribution in [0, 0.1) is 9.39 Å². The standard InChI is InChI=1S/C16H13ClFIO3/c1-2-21-15-6-10(8-20)5-14(19)16(15)22-9-11-3-4-12(18)7-13(11)17/h3-8H,2,9H2,1H3. The van der Waals surface area contributed by atoms with Gasteiger partial charge in [-0.15, -0.1) is 0 Å². The number of rotatable bonds is 6. The van der Waals surface area contributed by atoms with Crippen molar-refractivity contribution in [3.8, 4) is 11.5 Å². The minimum absolute atomic E-state index is 0.176. The van der Waals surface area contributed by atoms with E-state index >= 15 is 0 Å². The van der Waals surface area contributed by atoms with Crippen molar-refractivity contribution in [3.05, 3.63) is 55.9 Å². The molecule has 0 aliphatic rings. The predicted molar refractivity (Wildman–Crippen MR) is 91.5 cm³/mol. The van der Waals surface area contributed by atoms with E-state index in [1.54, 1.807) is 18.2 Å². The summed E-state index contributed by atoms with van der Waals surface area (Å²) in [6.07, 6.45) is 0.755. The van der Waals surface area contributed by atoms with Crippen LogP contribution in [0.25, 0.3) is 0 Å². The third-order valence-corrected chi connectivity index (χ3v) is 4.01. The molecule has 0 radical (unpaired) electrons. The van der Waals surface area contributed by atoms with Gasteiger partial charge < -0.3 is 9.47 Å². The van der Waals surface area contributed by atoms with E-state index in [4.69, 9.17) is 21.1 Å². The molecule has 0 bridgehead atoms. The Morgan fingerprint density at radius 3 is 2.68 bits per heavy atom. The highest BCUT2D eigenvalue weighted by atomic mass is 127. The van der Waals surface area contributed by atoms with Crippen molar-refractivity contribution >= 4 is 40.5 Å². The van der Waals surface area contributed by atoms with E-state index in [-0.39, 0.29) is 6.61 Å². The van der Waals surface area contributed by atoms with E-state index in [1.165, 1.54) is 12.1 Å². The van der Waals surface area contributed by atoms with Crippen LogP contribution in [-0.4, -0.2) is 12.9 Å². The summed E-state index contributed by atoms with van der Waals surface area (Å²) in [6.45, 7) is 2.47. The van der Waals surface area contributed by atoms with Crippen LogP contribution in [0.15, 0.2) is 30.3 Å². The SMILES string of the molecule is CCOc1cc(C=O)cc(I)c1OCc1ccc(F)cc1Cl. The monoisotopic (exact) mass is 434 g/mol. The zero-order valence-electron chi connectivity index (χ0n) is 11.7. The third kappa shape index (κ3) is 4.10. The molecule has 0 atom stereocenters. The number of benzene rings is 2. The van der Waals surface area contributed by atoms with Crippen LogP contribution in [0.3, 0.4) is 0 Å². The highest BCUT2D eigenvalue weighted by molar-refractivity contribution is 14.1. The normalized spacial score (nSPS) is 10.4. The Balaban J connectivity index is 2.26. The van der Waals surface area contributed by atoms with Crippen LogP contribution in [0.4, 0.5) is 4.39 Å². The largest absolute Gasteiger partial charge is 0.490 e. The second-order valence-electron chi connectivity index (χ2n) is 4.41. The Bertz CT molecular complexity index is 691. The van der Waals surface area contributed by atoms with Gasteiger partial charge in [0.05, 0.1) is 15.2 Å². The first kappa shape index (κ1) is 17.0. The summed E-state index contributed by atoms with van der Waals surface area (Å²) in [6, 6.07) is 7.47. The molecule has 2 aromatic carbocycles. The first-order valence-corrected chi connectivity index (χ1v) is 7.99. The smallest absolute Gasteiger partial charge is 0.175 e. The maximum absolute atomic E-state index is 13.0. The van der Waals surface area contributed by atoms with Crippen LogP contribution in [0.5, 0.6) is 11.5 Å². The molecule has 0 amide bonds. The average Bonchev–Trinajstić information content (AvgIpc) is 2.48. The molecule has 0 spiro atoms. The summed E-state index contributed by atoms with van der Waals surface area (Å²) in [5.41, 5.74) is 1.18. The van der Waals surface area contributed by atoms with Crippen molar-refractivity contribution in [2.45, 2.75) is 13.5 Å². The van der Waals surface area contributed by atoms with Crippen molar-refractivity contribution in [1.82, 2.24) is 0 Å². The van der Waals surface area contributed by atoms with Gasteiger partial charge in [0, 0.05) is 11.1 Å². The molecule has 0 aromatic heterocycles. The van der Waals surface area contributed by atoms with Gasteiger partial charge in [0.2, 0.25) is 0 Å². The second kappa shape index (κ2) is 7.78. The summed E-state index contributed by atoms with van der Waals surface area (Å²) in [4.78, 5) is 10.9. The van der Waals surface area contributed by atoms with E-state index < -0.39 is 5.82 Å². The third-order valence-electron chi connectivity index (χ3n) is 2.85. The van der Waals surface area contributed by atoms with Crippen LogP contribution >= 0.6 is 34.2 Å². The fourth-order valence-corrected chi connectivity index (χ4v) is 2.85. The van der Waals surface area contributed by atoms with Gasteiger partial charge in [-0.05, 0) is 53.8 Å². The first-order chi connectivity index (χ1) is 10.5. The molecule has 6 heteroatoms. The van der Waals surface area contributed by atoms with Gasteiger partial charge >= 0.3 is 0 Å². The summed E-state index contributed by atoms with van der Waals surface area (Å²) in [5.74, 6) is 0.636. The quantitative estimate of drug-likeness (QED) is 0.480. The van der Waals surface area contributed by atoms with Crippen LogP contribution < -0.4 is 9.47 Å². The number of carbonyl (C=O) groups is 1. The van der Waals surface area contributed by atoms with Gasteiger partial charge in [-0.2, -0.15) is 0 Å². The lowest BCUT2D eigenvalue weighted by molar-refractivity contribution is 0.112. The number of ether oxygens (including phenoxy) is 2. The fraction of sp³-hybridized carbons (Fsp3) is 0.188. The van der Waals surface area contributed by atoms with E-state index in [0.717, 1.165) is 9.86 Å². The highest BCUT2D eigenvalue weighted by Gasteiger charge is 2.13. The van der Waals surface area contributed by atoms with Crippen LogP contribution in [0.1, 0.15) is 22.8 Å². The van der Waals surface area contributed by atoms with Crippen LogP contribution in [0.2, 0.25) is 5.02 Å². The zero-order valence-corrected chi connectivity index (χ0v) is 14.7. The molecular formula is C16H13ClFIO3. The Kier molecular flexibility index (Phi) is 6.02. The molecule has 0 saturated heterocycles. The summed E-state index contributed by atoms with van der Waals surface area (Å²) in [7, 11) is 0. The molecule has 0 fully saturated rings. The molecule has 0 unspecified atom stereocenters. The van der Waals surface area contributed by atoms with Gasteiger partial charge in [-0.3, -0.25) is 4.79 Å². The number of aldehydes is 1. The van der Waals surface area contributed by atoms with Crippen molar-refractivity contribution in [2.24, 2.45) is 0 Å². The van der Waals surface area contributed by atoms with Gasteiger partial charge in [0.15, 0.2) is 11.5 Å². The second-order valence-corrected chi connectivity index (χ2v) is 5.97. The van der Waals surface area contributed by atoms with Gasteiger partial charge in [0.1, 0.15) is 18.7 Å². The number of halogens is 3. The van der Waals surface area contributed by atoms with E-state index in [2.05, 4.69) is 22.6 Å². The lowest BCUT2D eigenvalue weighted by atomic mass is 10.2. The van der Waals surface area contributed by atoms with Gasteiger partial charge in [-0.1, -0.05) is 17.7 Å². The van der Waals surface area contributed by atoms with Crippen molar-refractivity contribution in [2.75, 3.05) is 6.61 Å². The lowest BCUT2D eigenvalue weighted by Gasteiger charge is -2.15. The lowest BCUT2D eigenvalue weighted by Crippen LogP contribution is -2.03. The maximum atomic E-state index is 13.0. The minimum Gasteiger partial charge on any atom is -0.490 e.